The van der Waals surface area contributed by atoms with Gasteiger partial charge in [-0.1, -0.05) is 103 Å². The van der Waals surface area contributed by atoms with Crippen molar-refractivity contribution < 1.29 is 0 Å². The van der Waals surface area contributed by atoms with Gasteiger partial charge in [-0.25, -0.2) is 0 Å². The Hall–Kier alpha value is -2.64. The summed E-state index contributed by atoms with van der Waals surface area (Å²) in [6.45, 7) is 11.5. The number of hydrogen-bond acceptors (Lipinski definition) is 0. The molecule has 0 nitrogen and oxygen atoms in total. The summed E-state index contributed by atoms with van der Waals surface area (Å²) >= 11 is 0. The molecule has 0 N–H and O–H groups in total. The lowest BCUT2D eigenvalue weighted by Gasteiger charge is -2.47. The second kappa shape index (κ2) is 7.31. The Morgan fingerprint density at radius 2 is 1.14 bits per heavy atom. The van der Waals surface area contributed by atoms with Gasteiger partial charge in [0.1, 0.15) is 0 Å². The molecule has 0 aliphatic heterocycles. The van der Waals surface area contributed by atoms with Crippen molar-refractivity contribution in [2.24, 2.45) is 0 Å². The lowest BCUT2D eigenvalue weighted by molar-refractivity contribution is 0.847. The predicted octanol–water partition coefficient (Wildman–Crippen LogP) is 5.33. The van der Waals surface area contributed by atoms with Crippen LogP contribution in [0.3, 0.4) is 0 Å². The van der Waals surface area contributed by atoms with Gasteiger partial charge in [-0.3, -0.25) is 0 Å². The average molecular weight is 394 g/mol. The topological polar surface area (TPSA) is 0 Å². The first-order valence-electron chi connectivity index (χ1n) is 10.4. The van der Waals surface area contributed by atoms with Crippen LogP contribution in [0, 0.1) is 13.0 Å². The minimum absolute atomic E-state index is 0.157. The molecule has 0 bridgehead atoms. The second-order valence-electron chi connectivity index (χ2n) is 8.42. The molecule has 1 radical (unpaired) electrons. The van der Waals surface area contributed by atoms with Gasteiger partial charge < -0.3 is 0 Å². The highest BCUT2D eigenvalue weighted by Crippen LogP contribution is 2.52. The van der Waals surface area contributed by atoms with Crippen LogP contribution in [0.2, 0.25) is 5.04 Å². The highest BCUT2D eigenvalue weighted by Gasteiger charge is 2.56. The van der Waals surface area contributed by atoms with Crippen LogP contribution in [0.25, 0.3) is 0 Å². The maximum absolute atomic E-state index is 4.00. The van der Waals surface area contributed by atoms with Gasteiger partial charge in [0.2, 0.25) is 0 Å². The molecule has 0 saturated carbocycles. The number of rotatable bonds is 4. The second-order valence-corrected chi connectivity index (χ2v) is 12.6. The van der Waals surface area contributed by atoms with Gasteiger partial charge in [0.15, 0.2) is 8.07 Å². The number of aryl methyl sites for hydroxylation is 1. The van der Waals surface area contributed by atoms with Gasteiger partial charge in [0.05, 0.1) is 0 Å². The molecule has 0 aromatic heterocycles. The normalized spacial score (nSPS) is 19.4. The van der Waals surface area contributed by atoms with Crippen molar-refractivity contribution in [2.75, 3.05) is 0 Å². The van der Waals surface area contributed by atoms with Gasteiger partial charge in [-0.15, -0.1) is 0 Å². The summed E-state index contributed by atoms with van der Waals surface area (Å²) in [4.78, 5) is 0. The molecule has 1 unspecified atom stereocenters. The Kier molecular flexibility index (Phi) is 4.96. The molecule has 0 spiro atoms. The van der Waals surface area contributed by atoms with Gasteiger partial charge in [0.25, 0.3) is 0 Å². The molecule has 145 valence electrons. The Balaban J connectivity index is 2.22. The Labute approximate surface area is 176 Å². The zero-order valence-electron chi connectivity index (χ0n) is 18.1. The van der Waals surface area contributed by atoms with Crippen LogP contribution >= 0.6 is 0 Å². The van der Waals surface area contributed by atoms with E-state index < -0.39 is 8.07 Å². The summed E-state index contributed by atoms with van der Waals surface area (Å²) in [6.07, 6.45) is 4.00. The van der Waals surface area contributed by atoms with Gasteiger partial charge in [-0.05, 0) is 60.5 Å². The van der Waals surface area contributed by atoms with Crippen molar-refractivity contribution in [3.05, 3.63) is 113 Å². The lowest BCUT2D eigenvalue weighted by atomic mass is 10.0. The van der Waals surface area contributed by atoms with E-state index in [9.17, 15) is 0 Å². The van der Waals surface area contributed by atoms with E-state index >= 15 is 0 Å². The van der Waals surface area contributed by atoms with E-state index in [1.807, 2.05) is 0 Å². The monoisotopic (exact) mass is 393 g/mol. The summed E-state index contributed by atoms with van der Waals surface area (Å²) in [5.41, 5.74) is 5.51. The van der Waals surface area contributed by atoms with Gasteiger partial charge in [-0.2, -0.15) is 0 Å². The van der Waals surface area contributed by atoms with E-state index in [0.29, 0.717) is 0 Å². The summed E-state index contributed by atoms with van der Waals surface area (Å²) in [5, 5.41) is 4.21. The van der Waals surface area contributed by atoms with E-state index in [1.54, 1.807) is 0 Å². The third-order valence-electron chi connectivity index (χ3n) is 7.03. The molecule has 29 heavy (non-hydrogen) atoms. The predicted molar refractivity (Wildman–Crippen MR) is 128 cm³/mol. The fraction of sp³-hybridized carbons (Fsp3) is 0.214. The van der Waals surface area contributed by atoms with Crippen LogP contribution in [0.5, 0.6) is 0 Å². The smallest absolute Gasteiger partial charge is 0.0624 e. The first-order valence-corrected chi connectivity index (χ1v) is 12.4. The third kappa shape index (κ3) is 2.79. The highest BCUT2D eigenvalue weighted by atomic mass is 28.3. The molecule has 3 aromatic carbocycles. The van der Waals surface area contributed by atoms with Crippen LogP contribution in [0.4, 0.5) is 0 Å². The molecule has 0 saturated heterocycles. The molecular formula is C28H29Si. The molecule has 1 heteroatoms. The minimum Gasteiger partial charge on any atom is -0.0624 e. The largest absolute Gasteiger partial charge is 0.162 e. The zero-order chi connectivity index (χ0) is 20.6. The van der Waals surface area contributed by atoms with Gasteiger partial charge in [0, 0.05) is 5.04 Å². The molecule has 3 aromatic rings. The quantitative estimate of drug-likeness (QED) is 0.415. The summed E-state index contributed by atoms with van der Waals surface area (Å²) in [6, 6.07) is 31.4. The van der Waals surface area contributed by atoms with E-state index in [1.165, 1.54) is 37.8 Å². The van der Waals surface area contributed by atoms with Crippen LogP contribution in [0.1, 0.15) is 33.3 Å². The first-order chi connectivity index (χ1) is 13.9. The molecule has 1 aliphatic carbocycles. The van der Waals surface area contributed by atoms with E-state index in [4.69, 9.17) is 0 Å². The fourth-order valence-corrected chi connectivity index (χ4v) is 11.5. The third-order valence-corrected chi connectivity index (χ3v) is 12.8. The standard InChI is InChI=1S/C28H29Si/c1-21-14-12-13-19-27(21)29(25-15-8-6-9-16-25,26-17-10-7-11-18-26)28(5)20-22(2)23(3)24(28)4/h6-19H,1-5H3. The number of benzene rings is 3. The van der Waals surface area contributed by atoms with Crippen LogP contribution in [0.15, 0.2) is 102 Å². The van der Waals surface area contributed by atoms with Crippen molar-refractivity contribution in [1.82, 2.24) is 0 Å². The van der Waals surface area contributed by atoms with E-state index in [-0.39, 0.29) is 5.04 Å². The van der Waals surface area contributed by atoms with E-state index in [0.717, 1.165) is 0 Å². The Morgan fingerprint density at radius 3 is 1.59 bits per heavy atom. The first kappa shape index (κ1) is 19.7. The minimum atomic E-state index is -2.50. The zero-order valence-corrected chi connectivity index (χ0v) is 19.1. The highest BCUT2D eigenvalue weighted by molar-refractivity contribution is 7.14. The van der Waals surface area contributed by atoms with Crippen molar-refractivity contribution >= 4 is 23.6 Å². The Morgan fingerprint density at radius 1 is 0.655 bits per heavy atom. The van der Waals surface area contributed by atoms with Crippen molar-refractivity contribution in [3.8, 4) is 0 Å². The summed E-state index contributed by atoms with van der Waals surface area (Å²) in [5.74, 6) is 0. The van der Waals surface area contributed by atoms with E-state index in [2.05, 4.69) is 126 Å². The molecule has 1 atom stereocenters. The molecule has 1 aliphatic rings. The maximum atomic E-state index is 4.00. The van der Waals surface area contributed by atoms with Crippen molar-refractivity contribution in [2.45, 2.75) is 39.7 Å². The molecule has 0 amide bonds. The summed E-state index contributed by atoms with van der Waals surface area (Å²) in [7, 11) is -2.50. The molecular weight excluding hydrogens is 364 g/mol. The molecule has 0 fully saturated rings. The SMILES string of the molecule is CC1=[C]C(C)([Si](c2ccccc2)(c2ccccc2)c2ccccc2C)C(C)=C1C. The lowest BCUT2D eigenvalue weighted by Crippen LogP contribution is -2.73. The molecule has 4 rings (SSSR count). The van der Waals surface area contributed by atoms with Crippen molar-refractivity contribution in [3.63, 3.8) is 0 Å². The summed E-state index contributed by atoms with van der Waals surface area (Å²) < 4.78 is 0. The van der Waals surface area contributed by atoms with Crippen LogP contribution in [-0.4, -0.2) is 8.07 Å². The average Bonchev–Trinajstić information content (AvgIpc) is 2.95. The van der Waals surface area contributed by atoms with Crippen molar-refractivity contribution in [1.29, 1.82) is 0 Å². The Bertz CT molecular complexity index is 1050. The fourth-order valence-electron chi connectivity index (χ4n) is 5.29. The van der Waals surface area contributed by atoms with Gasteiger partial charge >= 0.3 is 0 Å². The van der Waals surface area contributed by atoms with Crippen LogP contribution in [-0.2, 0) is 0 Å². The molecule has 0 heterocycles. The number of hydrogen-bond donors (Lipinski definition) is 0. The maximum Gasteiger partial charge on any atom is 0.162 e. The number of allylic oxidation sites excluding steroid dienone is 4. The van der Waals surface area contributed by atoms with Crippen LogP contribution < -0.4 is 15.6 Å².